The van der Waals surface area contributed by atoms with Crippen molar-refractivity contribution in [2.45, 2.75) is 77.5 Å². The predicted molar refractivity (Wildman–Crippen MR) is 91.4 cm³/mol. The van der Waals surface area contributed by atoms with E-state index in [0.29, 0.717) is 6.04 Å². The summed E-state index contributed by atoms with van der Waals surface area (Å²) in [5.41, 5.74) is 2.93. The van der Waals surface area contributed by atoms with Crippen LogP contribution < -0.4 is 5.32 Å². The molecule has 1 aromatic rings. The van der Waals surface area contributed by atoms with Crippen LogP contribution in [0.3, 0.4) is 0 Å². The Morgan fingerprint density at radius 3 is 2.29 bits per heavy atom. The van der Waals surface area contributed by atoms with Gasteiger partial charge in [-0.25, -0.2) is 0 Å². The summed E-state index contributed by atoms with van der Waals surface area (Å²) in [5.74, 6) is 0. The van der Waals surface area contributed by atoms with Crippen molar-refractivity contribution in [3.8, 4) is 0 Å². The lowest BCUT2D eigenvalue weighted by molar-refractivity contribution is 0.212. The van der Waals surface area contributed by atoms with Gasteiger partial charge in [-0.15, -0.1) is 0 Å². The molecular weight excluding hydrogens is 256 g/mol. The van der Waals surface area contributed by atoms with Crippen molar-refractivity contribution in [2.75, 3.05) is 7.05 Å². The van der Waals surface area contributed by atoms with Gasteiger partial charge in [-0.1, -0.05) is 63.8 Å². The molecule has 2 rings (SSSR count). The van der Waals surface area contributed by atoms with Crippen LogP contribution in [0.2, 0.25) is 0 Å². The topological polar surface area (TPSA) is 15.3 Å². The van der Waals surface area contributed by atoms with Gasteiger partial charge in [-0.05, 0) is 31.0 Å². The molecule has 0 saturated heterocycles. The normalized spacial score (nSPS) is 17.4. The highest BCUT2D eigenvalue weighted by atomic mass is 15.1. The van der Waals surface area contributed by atoms with E-state index in [4.69, 9.17) is 0 Å². The van der Waals surface area contributed by atoms with Crippen molar-refractivity contribution in [2.24, 2.45) is 0 Å². The predicted octanol–water partition coefficient (Wildman–Crippen LogP) is 4.34. The second kappa shape index (κ2) is 8.55. The SMILES string of the molecule is CC(C)NCc1ccccc1CN(C)C1CCCCCC1. The standard InChI is InChI=1S/C19H32N2/c1-16(2)20-14-17-10-8-9-11-18(17)15-21(3)19-12-6-4-5-7-13-19/h8-11,16,19-20H,4-7,12-15H2,1-3H3. The fourth-order valence-corrected chi connectivity index (χ4v) is 3.29. The number of nitrogens with one attached hydrogen (secondary N) is 1. The smallest absolute Gasteiger partial charge is 0.0236 e. The zero-order chi connectivity index (χ0) is 15.1. The number of hydrogen-bond donors (Lipinski definition) is 1. The summed E-state index contributed by atoms with van der Waals surface area (Å²) in [7, 11) is 2.31. The molecule has 21 heavy (non-hydrogen) atoms. The van der Waals surface area contributed by atoms with Crippen LogP contribution in [0.5, 0.6) is 0 Å². The van der Waals surface area contributed by atoms with Crippen molar-refractivity contribution in [3.63, 3.8) is 0 Å². The minimum absolute atomic E-state index is 0.539. The minimum atomic E-state index is 0.539. The van der Waals surface area contributed by atoms with Crippen LogP contribution >= 0.6 is 0 Å². The van der Waals surface area contributed by atoms with Crippen molar-refractivity contribution in [3.05, 3.63) is 35.4 Å². The zero-order valence-electron chi connectivity index (χ0n) is 14.1. The first-order chi connectivity index (χ1) is 10.2. The van der Waals surface area contributed by atoms with E-state index in [1.54, 1.807) is 0 Å². The van der Waals surface area contributed by atoms with Gasteiger partial charge in [-0.3, -0.25) is 4.90 Å². The van der Waals surface area contributed by atoms with Gasteiger partial charge in [0.1, 0.15) is 0 Å². The Balaban J connectivity index is 1.97. The zero-order valence-corrected chi connectivity index (χ0v) is 14.1. The van der Waals surface area contributed by atoms with E-state index >= 15 is 0 Å². The maximum Gasteiger partial charge on any atom is 0.0236 e. The highest BCUT2D eigenvalue weighted by Crippen LogP contribution is 2.23. The quantitative estimate of drug-likeness (QED) is 0.783. The highest BCUT2D eigenvalue weighted by molar-refractivity contribution is 5.27. The van der Waals surface area contributed by atoms with Crippen molar-refractivity contribution >= 4 is 0 Å². The molecule has 1 N–H and O–H groups in total. The van der Waals surface area contributed by atoms with E-state index < -0.39 is 0 Å². The molecule has 1 aliphatic rings. The molecule has 118 valence electrons. The van der Waals surface area contributed by atoms with Crippen LogP contribution in [0.15, 0.2) is 24.3 Å². The van der Waals surface area contributed by atoms with Crippen LogP contribution in [0.25, 0.3) is 0 Å². The van der Waals surface area contributed by atoms with Gasteiger partial charge in [0, 0.05) is 25.2 Å². The van der Waals surface area contributed by atoms with E-state index in [-0.39, 0.29) is 0 Å². The first-order valence-corrected chi connectivity index (χ1v) is 8.67. The van der Waals surface area contributed by atoms with Crippen molar-refractivity contribution < 1.29 is 0 Å². The third kappa shape index (κ3) is 5.44. The molecule has 0 spiro atoms. The van der Waals surface area contributed by atoms with E-state index in [2.05, 4.69) is 55.4 Å². The van der Waals surface area contributed by atoms with E-state index in [1.807, 2.05) is 0 Å². The van der Waals surface area contributed by atoms with Gasteiger partial charge in [-0.2, -0.15) is 0 Å². The number of hydrogen-bond acceptors (Lipinski definition) is 2. The Morgan fingerprint density at radius 1 is 1.05 bits per heavy atom. The Bertz CT molecular complexity index is 406. The molecule has 2 nitrogen and oxygen atoms in total. The molecule has 0 heterocycles. The average Bonchev–Trinajstić information content (AvgIpc) is 2.75. The highest BCUT2D eigenvalue weighted by Gasteiger charge is 2.17. The van der Waals surface area contributed by atoms with Crippen LogP contribution in [-0.2, 0) is 13.1 Å². The summed E-state index contributed by atoms with van der Waals surface area (Å²) >= 11 is 0. The minimum Gasteiger partial charge on any atom is -0.310 e. The molecule has 1 aliphatic carbocycles. The van der Waals surface area contributed by atoms with Gasteiger partial charge in [0.15, 0.2) is 0 Å². The molecule has 0 bridgehead atoms. The molecular formula is C19H32N2. The lowest BCUT2D eigenvalue weighted by atomic mass is 10.0. The number of rotatable bonds is 6. The summed E-state index contributed by atoms with van der Waals surface area (Å²) in [6, 6.07) is 10.2. The maximum atomic E-state index is 3.55. The largest absolute Gasteiger partial charge is 0.310 e. The second-order valence-electron chi connectivity index (χ2n) is 6.86. The molecule has 0 radical (unpaired) electrons. The summed E-state index contributed by atoms with van der Waals surface area (Å²) in [6.07, 6.45) is 8.43. The molecule has 0 aliphatic heterocycles. The fourth-order valence-electron chi connectivity index (χ4n) is 3.29. The molecule has 1 fully saturated rings. The third-order valence-electron chi connectivity index (χ3n) is 4.69. The van der Waals surface area contributed by atoms with Gasteiger partial charge < -0.3 is 5.32 Å². The second-order valence-corrected chi connectivity index (χ2v) is 6.86. The van der Waals surface area contributed by atoms with E-state index in [9.17, 15) is 0 Å². The number of nitrogens with zero attached hydrogens (tertiary/aromatic N) is 1. The summed E-state index contributed by atoms with van der Waals surface area (Å²) in [4.78, 5) is 2.58. The molecule has 0 unspecified atom stereocenters. The van der Waals surface area contributed by atoms with Crippen molar-refractivity contribution in [1.29, 1.82) is 0 Å². The monoisotopic (exact) mass is 288 g/mol. The number of benzene rings is 1. The van der Waals surface area contributed by atoms with Crippen LogP contribution in [-0.4, -0.2) is 24.0 Å². The Labute approximate surface area is 130 Å². The molecule has 2 heteroatoms. The fraction of sp³-hybridized carbons (Fsp3) is 0.684. The summed E-state index contributed by atoms with van der Waals surface area (Å²) in [5, 5.41) is 3.55. The van der Waals surface area contributed by atoms with Crippen LogP contribution in [0.1, 0.15) is 63.5 Å². The molecule has 1 saturated carbocycles. The lowest BCUT2D eigenvalue weighted by Crippen LogP contribution is -2.31. The summed E-state index contributed by atoms with van der Waals surface area (Å²) in [6.45, 7) is 6.48. The lowest BCUT2D eigenvalue weighted by Gasteiger charge is -2.28. The first kappa shape index (κ1) is 16.5. The van der Waals surface area contributed by atoms with E-state index in [0.717, 1.165) is 19.1 Å². The Kier molecular flexibility index (Phi) is 6.72. The Hall–Kier alpha value is -0.860. The van der Waals surface area contributed by atoms with Crippen molar-refractivity contribution in [1.82, 2.24) is 10.2 Å². The van der Waals surface area contributed by atoms with E-state index in [1.165, 1.54) is 49.7 Å². The molecule has 0 atom stereocenters. The maximum absolute atomic E-state index is 3.55. The van der Waals surface area contributed by atoms with Crippen LogP contribution in [0.4, 0.5) is 0 Å². The third-order valence-corrected chi connectivity index (χ3v) is 4.69. The average molecular weight is 288 g/mol. The summed E-state index contributed by atoms with van der Waals surface area (Å²) < 4.78 is 0. The van der Waals surface area contributed by atoms with Gasteiger partial charge in [0.05, 0.1) is 0 Å². The van der Waals surface area contributed by atoms with Gasteiger partial charge in [0.25, 0.3) is 0 Å². The Morgan fingerprint density at radius 2 is 1.67 bits per heavy atom. The van der Waals surface area contributed by atoms with Gasteiger partial charge >= 0.3 is 0 Å². The first-order valence-electron chi connectivity index (χ1n) is 8.67. The van der Waals surface area contributed by atoms with Crippen LogP contribution in [0, 0.1) is 0 Å². The molecule has 1 aromatic carbocycles. The van der Waals surface area contributed by atoms with Gasteiger partial charge in [0.2, 0.25) is 0 Å². The molecule has 0 aromatic heterocycles. The molecule has 0 amide bonds.